The number of aromatic amines is 2. The van der Waals surface area contributed by atoms with E-state index in [4.69, 9.17) is 0 Å². The molecule has 20 heavy (non-hydrogen) atoms. The summed E-state index contributed by atoms with van der Waals surface area (Å²) < 4.78 is 0. The highest BCUT2D eigenvalue weighted by Gasteiger charge is 2.11. The number of nitrogens with one attached hydrogen (secondary N) is 2. The molecule has 7 heteroatoms. The molecule has 3 aromatic heterocycles. The highest BCUT2D eigenvalue weighted by atomic mass is 16.1. The number of aromatic nitrogens is 4. The van der Waals surface area contributed by atoms with Gasteiger partial charge in [-0.25, -0.2) is 0 Å². The molecular weight excluding hydrogens is 256 g/mol. The molecule has 7 nitrogen and oxygen atoms in total. The summed E-state index contributed by atoms with van der Waals surface area (Å²) in [5.74, 6) is 0. The van der Waals surface area contributed by atoms with Crippen molar-refractivity contribution < 1.29 is 0 Å². The Hall–Kier alpha value is -3.09. The molecule has 2 N–H and O–H groups in total. The number of rotatable bonds is 3. The third kappa shape index (κ3) is 2.37. The van der Waals surface area contributed by atoms with Crippen molar-refractivity contribution in [1.29, 1.82) is 0 Å². The summed E-state index contributed by atoms with van der Waals surface area (Å²) in [5.41, 5.74) is 1.82. The van der Waals surface area contributed by atoms with Crippen molar-refractivity contribution in [3.8, 4) is 11.3 Å². The van der Waals surface area contributed by atoms with Crippen molar-refractivity contribution in [2.24, 2.45) is 10.2 Å². The van der Waals surface area contributed by atoms with Gasteiger partial charge in [-0.05, 0) is 24.3 Å². The van der Waals surface area contributed by atoms with Gasteiger partial charge >= 0.3 is 0 Å². The molecule has 0 bridgehead atoms. The summed E-state index contributed by atoms with van der Waals surface area (Å²) >= 11 is 0. The first-order valence-electron chi connectivity index (χ1n) is 5.87. The smallest absolute Gasteiger partial charge is 0.292 e. The predicted molar refractivity (Wildman–Crippen MR) is 73.1 cm³/mol. The van der Waals surface area contributed by atoms with Crippen LogP contribution in [0.5, 0.6) is 0 Å². The molecule has 0 aliphatic rings. The zero-order valence-corrected chi connectivity index (χ0v) is 10.3. The second-order valence-corrected chi connectivity index (χ2v) is 3.95. The van der Waals surface area contributed by atoms with Crippen LogP contribution < -0.4 is 5.56 Å². The van der Waals surface area contributed by atoms with Crippen molar-refractivity contribution in [1.82, 2.24) is 20.2 Å². The normalized spacial score (nSPS) is 11.0. The van der Waals surface area contributed by atoms with Crippen molar-refractivity contribution in [2.45, 2.75) is 0 Å². The van der Waals surface area contributed by atoms with Gasteiger partial charge in [-0.2, -0.15) is 5.11 Å². The summed E-state index contributed by atoms with van der Waals surface area (Å²) in [5, 5.41) is 13.3. The Bertz CT molecular complexity index is 775. The molecule has 0 aliphatic carbocycles. The lowest BCUT2D eigenvalue weighted by Gasteiger charge is -1.96. The molecule has 0 aromatic carbocycles. The Balaban J connectivity index is 2.01. The Morgan fingerprint density at radius 2 is 1.80 bits per heavy atom. The molecule has 3 heterocycles. The van der Waals surface area contributed by atoms with Gasteiger partial charge in [-0.15, -0.1) is 5.11 Å². The van der Waals surface area contributed by atoms with E-state index in [1.807, 2.05) is 6.07 Å². The van der Waals surface area contributed by atoms with Crippen LogP contribution in [0.3, 0.4) is 0 Å². The number of pyridine rings is 2. The van der Waals surface area contributed by atoms with Crippen LogP contribution in [-0.2, 0) is 0 Å². The van der Waals surface area contributed by atoms with Crippen LogP contribution in [0.2, 0.25) is 0 Å². The SMILES string of the molecule is O=c1[nH][nH]c(-c2cccnc2)c1N=Nc1ccncc1. The van der Waals surface area contributed by atoms with Gasteiger partial charge in [-0.1, -0.05) is 0 Å². The van der Waals surface area contributed by atoms with E-state index in [9.17, 15) is 4.79 Å². The molecule has 0 amide bonds. The lowest BCUT2D eigenvalue weighted by molar-refractivity contribution is 1.06. The van der Waals surface area contributed by atoms with Crippen LogP contribution in [0.4, 0.5) is 11.4 Å². The molecule has 0 fully saturated rings. The quantitative estimate of drug-likeness (QED) is 0.712. The fourth-order valence-corrected chi connectivity index (χ4v) is 1.68. The number of hydrogen-bond acceptors (Lipinski definition) is 5. The van der Waals surface area contributed by atoms with E-state index in [1.54, 1.807) is 43.0 Å². The van der Waals surface area contributed by atoms with Crippen LogP contribution in [0.25, 0.3) is 11.3 Å². The first-order valence-corrected chi connectivity index (χ1v) is 5.87. The summed E-state index contributed by atoms with van der Waals surface area (Å²) in [6, 6.07) is 7.02. The van der Waals surface area contributed by atoms with E-state index in [-0.39, 0.29) is 11.2 Å². The second-order valence-electron chi connectivity index (χ2n) is 3.95. The van der Waals surface area contributed by atoms with Crippen LogP contribution in [0, 0.1) is 0 Å². The Morgan fingerprint density at radius 3 is 2.55 bits per heavy atom. The number of H-pyrrole nitrogens is 2. The molecule has 98 valence electrons. The molecular formula is C13H10N6O. The maximum Gasteiger partial charge on any atom is 0.292 e. The lowest BCUT2D eigenvalue weighted by Crippen LogP contribution is -1.96. The minimum atomic E-state index is -0.332. The van der Waals surface area contributed by atoms with Gasteiger partial charge < -0.3 is 0 Å². The number of hydrogen-bond donors (Lipinski definition) is 2. The average molecular weight is 266 g/mol. The van der Waals surface area contributed by atoms with Gasteiger partial charge in [-0.3, -0.25) is 25.0 Å². The topological polar surface area (TPSA) is 99.2 Å². The Labute approximate surface area is 113 Å². The molecule has 0 unspecified atom stereocenters. The largest absolute Gasteiger partial charge is 0.295 e. The zero-order valence-electron chi connectivity index (χ0n) is 10.3. The highest BCUT2D eigenvalue weighted by molar-refractivity contribution is 5.70. The van der Waals surface area contributed by atoms with Crippen molar-refractivity contribution in [3.63, 3.8) is 0 Å². The Kier molecular flexibility index (Phi) is 3.15. The standard InChI is InChI=1S/C13H10N6O/c20-13-12(18-16-10-3-6-14-7-4-10)11(17-19-13)9-2-1-5-15-8-9/h1-8H,(H2,17,19,20). The van der Waals surface area contributed by atoms with Crippen LogP contribution in [-0.4, -0.2) is 20.2 Å². The van der Waals surface area contributed by atoms with Crippen LogP contribution in [0.1, 0.15) is 0 Å². The van der Waals surface area contributed by atoms with E-state index in [0.29, 0.717) is 11.4 Å². The van der Waals surface area contributed by atoms with E-state index < -0.39 is 0 Å². The van der Waals surface area contributed by atoms with Crippen LogP contribution in [0.15, 0.2) is 64.1 Å². The maximum atomic E-state index is 11.8. The molecule has 0 saturated carbocycles. The predicted octanol–water partition coefficient (Wildman–Crippen LogP) is 2.58. The third-order valence-corrected chi connectivity index (χ3v) is 2.63. The summed E-state index contributed by atoms with van der Waals surface area (Å²) in [4.78, 5) is 19.7. The van der Waals surface area contributed by atoms with Gasteiger partial charge in [0.25, 0.3) is 5.56 Å². The minimum absolute atomic E-state index is 0.217. The molecule has 0 radical (unpaired) electrons. The van der Waals surface area contributed by atoms with E-state index in [1.165, 1.54) is 0 Å². The molecule has 3 aromatic rings. The average Bonchev–Trinajstić information content (AvgIpc) is 2.88. The minimum Gasteiger partial charge on any atom is -0.295 e. The van der Waals surface area contributed by atoms with E-state index >= 15 is 0 Å². The second kappa shape index (κ2) is 5.27. The van der Waals surface area contributed by atoms with Crippen molar-refractivity contribution in [3.05, 3.63) is 59.4 Å². The fourth-order valence-electron chi connectivity index (χ4n) is 1.68. The van der Waals surface area contributed by atoms with Gasteiger partial charge in [0.1, 0.15) is 0 Å². The van der Waals surface area contributed by atoms with E-state index in [2.05, 4.69) is 30.4 Å². The van der Waals surface area contributed by atoms with Gasteiger partial charge in [0.2, 0.25) is 0 Å². The molecule has 0 atom stereocenters. The first kappa shape index (κ1) is 12.0. The van der Waals surface area contributed by atoms with Crippen molar-refractivity contribution >= 4 is 11.4 Å². The Morgan fingerprint density at radius 1 is 0.950 bits per heavy atom. The van der Waals surface area contributed by atoms with Crippen LogP contribution >= 0.6 is 0 Å². The van der Waals surface area contributed by atoms with Gasteiger partial charge in [0.05, 0.1) is 11.4 Å². The molecule has 0 saturated heterocycles. The lowest BCUT2D eigenvalue weighted by atomic mass is 10.2. The third-order valence-electron chi connectivity index (χ3n) is 2.63. The molecule has 0 spiro atoms. The van der Waals surface area contributed by atoms with Gasteiger partial charge in [0, 0.05) is 30.4 Å². The van der Waals surface area contributed by atoms with Crippen molar-refractivity contribution in [2.75, 3.05) is 0 Å². The monoisotopic (exact) mass is 266 g/mol. The fraction of sp³-hybridized carbons (Fsp3) is 0. The number of azo groups is 1. The summed E-state index contributed by atoms with van der Waals surface area (Å²) in [6.07, 6.45) is 6.52. The van der Waals surface area contributed by atoms with Gasteiger partial charge in [0.15, 0.2) is 5.69 Å². The summed E-state index contributed by atoms with van der Waals surface area (Å²) in [7, 11) is 0. The highest BCUT2D eigenvalue weighted by Crippen LogP contribution is 2.25. The zero-order chi connectivity index (χ0) is 13.8. The maximum absolute atomic E-state index is 11.8. The van der Waals surface area contributed by atoms with E-state index in [0.717, 1.165) is 5.56 Å². The number of nitrogens with zero attached hydrogens (tertiary/aromatic N) is 4. The summed E-state index contributed by atoms with van der Waals surface area (Å²) in [6.45, 7) is 0. The first-order chi connectivity index (χ1) is 9.84. The molecule has 0 aliphatic heterocycles. The molecule has 3 rings (SSSR count).